The molecular formula is C16H19N2O2U+. The number of carbonyl (C=O) groups is 1. The van der Waals surface area contributed by atoms with Crippen molar-refractivity contribution in [2.45, 2.75) is 20.4 Å². The van der Waals surface area contributed by atoms with Crippen molar-refractivity contribution in [2.24, 2.45) is 5.92 Å². The van der Waals surface area contributed by atoms with Crippen molar-refractivity contribution in [3.63, 3.8) is 0 Å². The number of Topliss-reactive ketones (excluding diaryl/α,β-unsaturated/α-hetero) is 1. The Bertz CT molecular complexity index is 524. The Morgan fingerprint density at radius 3 is 2.48 bits per heavy atom. The number of ketones is 1. The molecule has 0 amide bonds. The Hall–Kier alpha value is -1.18. The zero-order chi connectivity index (χ0) is 15.0. The zero-order valence-electron chi connectivity index (χ0n) is 12.5. The number of hydrogen-bond donors (Lipinski definition) is 1. The number of pyridine rings is 1. The molecule has 5 heteroatoms. The van der Waals surface area contributed by atoms with Crippen LogP contribution in [-0.4, -0.2) is 19.1 Å². The van der Waals surface area contributed by atoms with Gasteiger partial charge >= 0.3 is 31.1 Å². The molecule has 0 bridgehead atoms. The molecule has 0 aliphatic rings. The van der Waals surface area contributed by atoms with Gasteiger partial charge in [0, 0.05) is 25.2 Å². The van der Waals surface area contributed by atoms with Gasteiger partial charge in [0.05, 0.1) is 0 Å². The average molecular weight is 509 g/mol. The molecule has 0 radical (unpaired) electrons. The number of hydrogen-bond acceptors (Lipinski definition) is 3. The molecule has 0 saturated heterocycles. The Kier molecular flexibility index (Phi) is 9.94. The van der Waals surface area contributed by atoms with Gasteiger partial charge in [0.25, 0.3) is 0 Å². The summed E-state index contributed by atoms with van der Waals surface area (Å²) in [5, 5.41) is 6.97. The minimum absolute atomic E-state index is 0. The maximum absolute atomic E-state index is 11.6. The Morgan fingerprint density at radius 2 is 2.00 bits per heavy atom. The number of nitrogens with one attached hydrogen (secondary N) is 1. The fraction of sp³-hybridized carbons (Fsp3) is 0.312. The molecule has 0 aromatic carbocycles. The minimum atomic E-state index is -0.257. The fourth-order valence-corrected chi connectivity index (χ4v) is 1.64. The minimum Gasteiger partial charge on any atom is -0.618 e. The molecule has 0 fully saturated rings. The second kappa shape index (κ2) is 10.5. The Labute approximate surface area is 149 Å². The SMILES string of the molecule is COC([C-]=C(C[n+]1ccccc1)C(C)C(C)=O)=C[C-]=N.[U+2]. The Morgan fingerprint density at radius 1 is 1.38 bits per heavy atom. The molecular weight excluding hydrogens is 490 g/mol. The first-order chi connectivity index (χ1) is 9.58. The van der Waals surface area contributed by atoms with E-state index in [9.17, 15) is 4.79 Å². The second-order valence-electron chi connectivity index (χ2n) is 4.39. The van der Waals surface area contributed by atoms with Crippen molar-refractivity contribution in [3.05, 3.63) is 54.1 Å². The van der Waals surface area contributed by atoms with Crippen LogP contribution in [0.1, 0.15) is 13.8 Å². The monoisotopic (exact) mass is 509 g/mol. The van der Waals surface area contributed by atoms with Gasteiger partial charge in [0.2, 0.25) is 0 Å². The molecule has 0 aliphatic carbocycles. The fourth-order valence-electron chi connectivity index (χ4n) is 1.64. The Balaban J connectivity index is 0.00000400. The summed E-state index contributed by atoms with van der Waals surface area (Å²) in [6, 6.07) is 5.78. The van der Waals surface area contributed by atoms with Gasteiger partial charge in [0.1, 0.15) is 5.78 Å². The van der Waals surface area contributed by atoms with E-state index in [4.69, 9.17) is 10.1 Å². The van der Waals surface area contributed by atoms with Crippen LogP contribution in [0.15, 0.2) is 48.0 Å². The topological polar surface area (TPSA) is 54.0 Å². The number of allylic oxidation sites excluding steroid dienone is 3. The maximum Gasteiger partial charge on any atom is 2.00 e. The van der Waals surface area contributed by atoms with Crippen LogP contribution in [0.2, 0.25) is 0 Å². The van der Waals surface area contributed by atoms with Crippen molar-refractivity contribution in [1.82, 2.24) is 0 Å². The van der Waals surface area contributed by atoms with Crippen molar-refractivity contribution in [1.29, 1.82) is 5.41 Å². The normalized spacial score (nSPS) is 13.1. The molecule has 0 saturated carbocycles. The molecule has 1 atom stereocenters. The van der Waals surface area contributed by atoms with E-state index in [1.165, 1.54) is 13.2 Å². The van der Waals surface area contributed by atoms with Crippen LogP contribution < -0.4 is 4.57 Å². The summed E-state index contributed by atoms with van der Waals surface area (Å²) in [7, 11) is 1.50. The molecule has 1 unspecified atom stereocenters. The number of methoxy groups -OCH3 is 1. The molecule has 1 heterocycles. The molecule has 108 valence electrons. The number of carbonyl (C=O) groups excluding carboxylic acids is 1. The van der Waals surface area contributed by atoms with E-state index in [-0.39, 0.29) is 42.8 Å². The molecule has 1 N–H and O–H groups in total. The third kappa shape index (κ3) is 6.88. The van der Waals surface area contributed by atoms with Crippen molar-refractivity contribution >= 4 is 12.0 Å². The number of nitrogens with zero attached hydrogens (tertiary/aromatic N) is 1. The van der Waals surface area contributed by atoms with Crippen molar-refractivity contribution < 1.29 is 45.2 Å². The van der Waals surface area contributed by atoms with Crippen LogP contribution >= 0.6 is 0 Å². The molecule has 1 aromatic rings. The molecule has 1 rings (SSSR count). The van der Waals surface area contributed by atoms with Gasteiger partial charge in [-0.05, 0) is 6.92 Å². The summed E-state index contributed by atoms with van der Waals surface area (Å²) in [5.41, 5.74) is 0.803. The van der Waals surface area contributed by atoms with Crippen LogP contribution in [-0.2, 0) is 16.1 Å². The van der Waals surface area contributed by atoms with Crippen LogP contribution in [0.3, 0.4) is 0 Å². The first-order valence-electron chi connectivity index (χ1n) is 6.32. The van der Waals surface area contributed by atoms with E-state index < -0.39 is 0 Å². The van der Waals surface area contributed by atoms with Crippen molar-refractivity contribution in [2.75, 3.05) is 7.11 Å². The van der Waals surface area contributed by atoms with Gasteiger partial charge in [-0.2, -0.15) is 0 Å². The van der Waals surface area contributed by atoms with E-state index in [0.29, 0.717) is 12.3 Å². The standard InChI is InChI=1S/C16H19N2O2.U/c1-13(14(2)19)15(11-16(20-3)7-8-17)12-18-9-5-4-6-10-18;/h4-7,9-10,13,17H,12H2,1-3H3;/q-1;+2. The molecule has 21 heavy (non-hydrogen) atoms. The molecule has 4 nitrogen and oxygen atoms in total. The number of rotatable bonds is 7. The second-order valence-corrected chi connectivity index (χ2v) is 4.39. The summed E-state index contributed by atoms with van der Waals surface area (Å²) < 4.78 is 7.08. The zero-order valence-corrected chi connectivity index (χ0v) is 16.7. The van der Waals surface area contributed by atoms with Crippen LogP contribution in [0.25, 0.3) is 0 Å². The average Bonchev–Trinajstić information content (AvgIpc) is 2.46. The first-order valence-corrected chi connectivity index (χ1v) is 6.32. The smallest absolute Gasteiger partial charge is 0.618 e. The third-order valence-corrected chi connectivity index (χ3v) is 2.97. The van der Waals surface area contributed by atoms with E-state index in [1.807, 2.05) is 42.1 Å². The quantitative estimate of drug-likeness (QED) is 0.201. The molecule has 0 aliphatic heterocycles. The summed E-state index contributed by atoms with van der Waals surface area (Å²) in [5.74, 6) is 0.199. The van der Waals surface area contributed by atoms with Crippen molar-refractivity contribution in [3.8, 4) is 0 Å². The van der Waals surface area contributed by atoms with Gasteiger partial charge in [0.15, 0.2) is 18.9 Å². The number of aromatic nitrogens is 1. The summed E-state index contributed by atoms with van der Waals surface area (Å²) in [6.07, 6.45) is 10.4. The van der Waals surface area contributed by atoms with Gasteiger partial charge in [-0.1, -0.05) is 13.0 Å². The largest absolute Gasteiger partial charge is 2.00 e. The summed E-state index contributed by atoms with van der Waals surface area (Å²) >= 11 is 0. The van der Waals surface area contributed by atoms with E-state index in [0.717, 1.165) is 5.57 Å². The van der Waals surface area contributed by atoms with Crippen LogP contribution in [0.4, 0.5) is 0 Å². The van der Waals surface area contributed by atoms with E-state index >= 15 is 0 Å². The number of ether oxygens (including phenoxy) is 1. The van der Waals surface area contributed by atoms with Gasteiger partial charge in [-0.25, -0.2) is 10.3 Å². The maximum atomic E-state index is 11.6. The summed E-state index contributed by atoms with van der Waals surface area (Å²) in [6.45, 7) is 3.94. The van der Waals surface area contributed by atoms with E-state index in [2.05, 4.69) is 12.3 Å². The third-order valence-electron chi connectivity index (χ3n) is 2.97. The van der Waals surface area contributed by atoms with Crippen LogP contribution in [0, 0.1) is 48.5 Å². The predicted octanol–water partition coefficient (Wildman–Crippen LogP) is 1.99. The van der Waals surface area contributed by atoms with Gasteiger partial charge < -0.3 is 22.3 Å². The van der Waals surface area contributed by atoms with Gasteiger partial charge in [-0.3, -0.25) is 11.0 Å². The summed E-state index contributed by atoms with van der Waals surface area (Å²) in [4.78, 5) is 11.6. The van der Waals surface area contributed by atoms with Gasteiger partial charge in [-0.15, -0.1) is 5.57 Å². The van der Waals surface area contributed by atoms with Crippen LogP contribution in [0.5, 0.6) is 0 Å². The van der Waals surface area contributed by atoms with E-state index in [1.54, 1.807) is 6.92 Å². The molecule has 0 spiro atoms. The predicted molar refractivity (Wildman–Crippen MR) is 76.1 cm³/mol. The first kappa shape index (κ1) is 19.8. The molecule has 1 aromatic heterocycles.